The van der Waals surface area contributed by atoms with Gasteiger partial charge in [-0.15, -0.1) is 0 Å². The topological polar surface area (TPSA) is 48.1 Å². The lowest BCUT2D eigenvalue weighted by molar-refractivity contribution is 0.00749. The van der Waals surface area contributed by atoms with Gasteiger partial charge in [0.1, 0.15) is 0 Å². The zero-order chi connectivity index (χ0) is 12.5. The summed E-state index contributed by atoms with van der Waals surface area (Å²) >= 11 is 0. The van der Waals surface area contributed by atoms with Gasteiger partial charge in [0.05, 0.1) is 11.6 Å². The summed E-state index contributed by atoms with van der Waals surface area (Å²) in [6.45, 7) is 2.78. The second-order valence-electron chi connectivity index (χ2n) is 5.01. The SMILES string of the molecule is Cc1cc(C2CC(N)CCO2)c2ccccc2n1. The molecule has 2 heterocycles. The summed E-state index contributed by atoms with van der Waals surface area (Å²) in [6.07, 6.45) is 1.96. The second kappa shape index (κ2) is 4.67. The number of aryl methyl sites for hydroxylation is 1. The molecule has 1 aromatic heterocycles. The molecule has 2 atom stereocenters. The number of hydrogen-bond acceptors (Lipinski definition) is 3. The third-order valence-corrected chi connectivity index (χ3v) is 3.55. The van der Waals surface area contributed by atoms with Crippen LogP contribution in [0.5, 0.6) is 0 Å². The van der Waals surface area contributed by atoms with Gasteiger partial charge in [0.15, 0.2) is 0 Å². The van der Waals surface area contributed by atoms with Gasteiger partial charge in [-0.05, 0) is 37.5 Å². The zero-order valence-electron chi connectivity index (χ0n) is 10.6. The summed E-state index contributed by atoms with van der Waals surface area (Å²) in [7, 11) is 0. The Hall–Kier alpha value is -1.45. The zero-order valence-corrected chi connectivity index (χ0v) is 10.6. The van der Waals surface area contributed by atoms with Crippen LogP contribution in [0.1, 0.15) is 30.2 Å². The maximum atomic E-state index is 6.05. The first-order valence-corrected chi connectivity index (χ1v) is 6.47. The van der Waals surface area contributed by atoms with Crippen LogP contribution in [0.3, 0.4) is 0 Å². The van der Waals surface area contributed by atoms with Gasteiger partial charge in [-0.25, -0.2) is 0 Å². The third kappa shape index (κ3) is 2.11. The van der Waals surface area contributed by atoms with Crippen LogP contribution < -0.4 is 5.73 Å². The molecule has 94 valence electrons. The maximum absolute atomic E-state index is 6.05. The molecule has 3 heteroatoms. The number of ether oxygens (including phenoxy) is 1. The highest BCUT2D eigenvalue weighted by Gasteiger charge is 2.23. The quantitative estimate of drug-likeness (QED) is 0.836. The van der Waals surface area contributed by atoms with Crippen molar-refractivity contribution in [2.75, 3.05) is 6.61 Å². The van der Waals surface area contributed by atoms with Crippen LogP contribution in [0.2, 0.25) is 0 Å². The number of aromatic nitrogens is 1. The molecule has 0 amide bonds. The van der Waals surface area contributed by atoms with Crippen LogP contribution in [0.4, 0.5) is 0 Å². The molecule has 3 nitrogen and oxygen atoms in total. The molecular formula is C15H18N2O. The minimum atomic E-state index is 0.111. The standard InChI is InChI=1S/C15H18N2O/c1-10-8-13(15-9-11(16)6-7-18-15)12-4-2-3-5-14(12)17-10/h2-5,8,11,15H,6-7,9,16H2,1H3. The van der Waals surface area contributed by atoms with Crippen molar-refractivity contribution in [3.8, 4) is 0 Å². The van der Waals surface area contributed by atoms with Crippen molar-refractivity contribution in [3.05, 3.63) is 41.6 Å². The first-order chi connectivity index (χ1) is 8.74. The van der Waals surface area contributed by atoms with Gasteiger partial charge in [0, 0.05) is 23.7 Å². The molecule has 0 radical (unpaired) electrons. The fraction of sp³-hybridized carbons (Fsp3) is 0.400. The van der Waals surface area contributed by atoms with Gasteiger partial charge >= 0.3 is 0 Å². The number of nitrogens with zero attached hydrogens (tertiary/aromatic N) is 1. The Labute approximate surface area is 107 Å². The summed E-state index contributed by atoms with van der Waals surface area (Å²) < 4.78 is 5.89. The molecule has 1 aromatic carbocycles. The van der Waals surface area contributed by atoms with Gasteiger partial charge in [-0.2, -0.15) is 0 Å². The van der Waals surface area contributed by atoms with Crippen LogP contribution in [-0.2, 0) is 4.74 Å². The number of benzene rings is 1. The molecular weight excluding hydrogens is 224 g/mol. The predicted octanol–water partition coefficient (Wildman–Crippen LogP) is 2.72. The Balaban J connectivity index is 2.09. The smallest absolute Gasteiger partial charge is 0.0846 e. The Kier molecular flexibility index (Phi) is 3.02. The van der Waals surface area contributed by atoms with Crippen LogP contribution in [0.15, 0.2) is 30.3 Å². The van der Waals surface area contributed by atoms with E-state index >= 15 is 0 Å². The van der Waals surface area contributed by atoms with Crippen molar-refractivity contribution in [2.24, 2.45) is 5.73 Å². The molecule has 2 unspecified atom stereocenters. The first-order valence-electron chi connectivity index (χ1n) is 6.47. The number of para-hydroxylation sites is 1. The van der Waals surface area contributed by atoms with Crippen LogP contribution in [0.25, 0.3) is 10.9 Å². The van der Waals surface area contributed by atoms with Gasteiger partial charge in [0.25, 0.3) is 0 Å². The number of nitrogens with two attached hydrogens (primary N) is 1. The average molecular weight is 242 g/mol. The number of hydrogen-bond donors (Lipinski definition) is 1. The lowest BCUT2D eigenvalue weighted by Gasteiger charge is -2.28. The largest absolute Gasteiger partial charge is 0.373 e. The van der Waals surface area contributed by atoms with Crippen LogP contribution in [-0.4, -0.2) is 17.6 Å². The molecule has 0 aliphatic carbocycles. The molecule has 18 heavy (non-hydrogen) atoms. The normalized spacial score (nSPS) is 24.3. The summed E-state index contributed by atoms with van der Waals surface area (Å²) in [4.78, 5) is 4.56. The highest BCUT2D eigenvalue weighted by Crippen LogP contribution is 2.32. The molecule has 0 bridgehead atoms. The highest BCUT2D eigenvalue weighted by molar-refractivity contribution is 5.82. The second-order valence-corrected chi connectivity index (χ2v) is 5.01. The Morgan fingerprint density at radius 1 is 1.33 bits per heavy atom. The molecule has 0 saturated carbocycles. The van der Waals surface area contributed by atoms with Crippen molar-refractivity contribution < 1.29 is 4.74 Å². The molecule has 1 fully saturated rings. The van der Waals surface area contributed by atoms with Crippen LogP contribution in [0, 0.1) is 6.92 Å². The van der Waals surface area contributed by atoms with E-state index in [0.29, 0.717) is 0 Å². The van der Waals surface area contributed by atoms with Crippen molar-refractivity contribution in [3.63, 3.8) is 0 Å². The lowest BCUT2D eigenvalue weighted by Crippen LogP contribution is -2.30. The molecule has 0 spiro atoms. The van der Waals surface area contributed by atoms with Crippen molar-refractivity contribution in [1.29, 1.82) is 0 Å². The van der Waals surface area contributed by atoms with E-state index in [4.69, 9.17) is 10.5 Å². The van der Waals surface area contributed by atoms with E-state index in [1.807, 2.05) is 19.1 Å². The van der Waals surface area contributed by atoms with E-state index < -0.39 is 0 Å². The van der Waals surface area contributed by atoms with E-state index in [-0.39, 0.29) is 12.1 Å². The molecule has 1 aliphatic heterocycles. The first kappa shape index (κ1) is 11.6. The summed E-state index contributed by atoms with van der Waals surface area (Å²) in [5.41, 5.74) is 9.35. The maximum Gasteiger partial charge on any atom is 0.0846 e. The minimum absolute atomic E-state index is 0.111. The Morgan fingerprint density at radius 2 is 2.17 bits per heavy atom. The van der Waals surface area contributed by atoms with Crippen molar-refractivity contribution in [2.45, 2.75) is 31.9 Å². The van der Waals surface area contributed by atoms with Gasteiger partial charge < -0.3 is 10.5 Å². The minimum Gasteiger partial charge on any atom is -0.373 e. The van der Waals surface area contributed by atoms with Gasteiger partial charge in [-0.1, -0.05) is 18.2 Å². The van der Waals surface area contributed by atoms with E-state index in [9.17, 15) is 0 Å². The number of rotatable bonds is 1. The summed E-state index contributed by atoms with van der Waals surface area (Å²) in [5, 5.41) is 1.18. The molecule has 2 aromatic rings. The Bertz CT molecular complexity index is 567. The monoisotopic (exact) mass is 242 g/mol. The third-order valence-electron chi connectivity index (χ3n) is 3.55. The van der Waals surface area contributed by atoms with E-state index in [1.54, 1.807) is 0 Å². The number of fused-ring (bicyclic) bond motifs is 1. The number of pyridine rings is 1. The average Bonchev–Trinajstić information content (AvgIpc) is 2.37. The fourth-order valence-corrected chi connectivity index (χ4v) is 2.65. The lowest BCUT2D eigenvalue weighted by atomic mass is 9.95. The summed E-state index contributed by atoms with van der Waals surface area (Å²) in [5.74, 6) is 0. The van der Waals surface area contributed by atoms with E-state index in [0.717, 1.165) is 30.7 Å². The molecule has 3 rings (SSSR count). The van der Waals surface area contributed by atoms with Gasteiger partial charge in [-0.3, -0.25) is 4.98 Å². The molecule has 1 aliphatic rings. The predicted molar refractivity (Wildman–Crippen MR) is 72.4 cm³/mol. The van der Waals surface area contributed by atoms with E-state index in [2.05, 4.69) is 23.2 Å². The van der Waals surface area contributed by atoms with Gasteiger partial charge in [0.2, 0.25) is 0 Å². The fourth-order valence-electron chi connectivity index (χ4n) is 2.65. The van der Waals surface area contributed by atoms with Crippen molar-refractivity contribution >= 4 is 10.9 Å². The highest BCUT2D eigenvalue weighted by atomic mass is 16.5. The molecule has 2 N–H and O–H groups in total. The summed E-state index contributed by atoms with van der Waals surface area (Å²) in [6, 6.07) is 10.6. The van der Waals surface area contributed by atoms with Crippen LogP contribution >= 0.6 is 0 Å². The Morgan fingerprint density at radius 3 is 3.00 bits per heavy atom. The van der Waals surface area contributed by atoms with E-state index in [1.165, 1.54) is 10.9 Å². The van der Waals surface area contributed by atoms with Crippen molar-refractivity contribution in [1.82, 2.24) is 4.98 Å². The molecule has 1 saturated heterocycles.